The van der Waals surface area contributed by atoms with E-state index in [1.54, 1.807) is 0 Å². The molecule has 0 fully saturated rings. The van der Waals surface area contributed by atoms with Crippen LogP contribution >= 0.6 is 11.3 Å². The first kappa shape index (κ1) is 22.1. The van der Waals surface area contributed by atoms with Gasteiger partial charge in [0.25, 0.3) is 0 Å². The van der Waals surface area contributed by atoms with Crippen LogP contribution in [0, 0.1) is 0 Å². The van der Waals surface area contributed by atoms with Gasteiger partial charge in [0.05, 0.1) is 0 Å². The topological polar surface area (TPSA) is 38.7 Å². The molecule has 6 aromatic carbocycles. The maximum Gasteiger partial charge on any atom is 0.165 e. The lowest BCUT2D eigenvalue weighted by Crippen LogP contribution is -2.00. The standard InChI is InChI=1S/C35H21N3S/c1-3-11-24(12-4-1)33-36-34(25-13-5-2-6-14-25)38-35(37-33)29-17-9-16-27-28-21-20-23-19-18-22-10-7-8-15-26(22)30(23)32(28)39-31(27)29/h1-21H. The summed E-state index contributed by atoms with van der Waals surface area (Å²) in [6.07, 6.45) is 0. The third-order valence-electron chi connectivity index (χ3n) is 7.31. The molecule has 0 unspecified atom stereocenters. The molecule has 0 N–H and O–H groups in total. The monoisotopic (exact) mass is 515 g/mol. The van der Waals surface area contributed by atoms with Gasteiger partial charge in [-0.3, -0.25) is 0 Å². The molecule has 182 valence electrons. The molecule has 2 heterocycles. The molecule has 39 heavy (non-hydrogen) atoms. The van der Waals surface area contributed by atoms with Crippen LogP contribution in [0.1, 0.15) is 0 Å². The Balaban J connectivity index is 1.43. The van der Waals surface area contributed by atoms with Gasteiger partial charge in [0.2, 0.25) is 0 Å². The Morgan fingerprint density at radius 1 is 0.385 bits per heavy atom. The van der Waals surface area contributed by atoms with Crippen LogP contribution in [0.25, 0.3) is 75.9 Å². The minimum absolute atomic E-state index is 0.675. The van der Waals surface area contributed by atoms with Crippen molar-refractivity contribution < 1.29 is 0 Å². The quantitative estimate of drug-likeness (QED) is 0.220. The molecular formula is C35H21N3S. The predicted molar refractivity (Wildman–Crippen MR) is 164 cm³/mol. The lowest BCUT2D eigenvalue weighted by Gasteiger charge is -2.09. The Kier molecular flexibility index (Phi) is 5.00. The van der Waals surface area contributed by atoms with E-state index in [0.717, 1.165) is 16.7 Å². The summed E-state index contributed by atoms with van der Waals surface area (Å²) in [5.74, 6) is 2.04. The third-order valence-corrected chi connectivity index (χ3v) is 8.58. The van der Waals surface area contributed by atoms with Crippen molar-refractivity contribution in [2.75, 3.05) is 0 Å². The van der Waals surface area contributed by atoms with Crippen LogP contribution in [-0.4, -0.2) is 15.0 Å². The van der Waals surface area contributed by atoms with Gasteiger partial charge in [-0.1, -0.05) is 121 Å². The first-order valence-electron chi connectivity index (χ1n) is 13.0. The molecule has 4 heteroatoms. The maximum absolute atomic E-state index is 5.02. The summed E-state index contributed by atoms with van der Waals surface area (Å²) in [7, 11) is 0. The van der Waals surface area contributed by atoms with Crippen molar-refractivity contribution in [1.29, 1.82) is 0 Å². The van der Waals surface area contributed by atoms with E-state index in [4.69, 9.17) is 15.0 Å². The minimum atomic E-state index is 0.675. The summed E-state index contributed by atoms with van der Waals surface area (Å²) in [6, 6.07) is 44.3. The number of benzene rings is 6. The van der Waals surface area contributed by atoms with E-state index in [1.807, 2.05) is 72.0 Å². The number of aromatic nitrogens is 3. The molecule has 0 bridgehead atoms. The second-order valence-electron chi connectivity index (χ2n) is 9.65. The highest BCUT2D eigenvalue weighted by molar-refractivity contribution is 7.27. The molecule has 8 rings (SSSR count). The zero-order valence-corrected chi connectivity index (χ0v) is 21.7. The van der Waals surface area contributed by atoms with E-state index in [-0.39, 0.29) is 0 Å². The second kappa shape index (κ2) is 8.83. The normalized spacial score (nSPS) is 11.6. The zero-order valence-electron chi connectivity index (χ0n) is 20.9. The Hall–Kier alpha value is -4.93. The average molecular weight is 516 g/mol. The van der Waals surface area contributed by atoms with Gasteiger partial charge >= 0.3 is 0 Å². The number of rotatable bonds is 3. The number of nitrogens with zero attached hydrogens (tertiary/aromatic N) is 3. The largest absolute Gasteiger partial charge is 0.208 e. The van der Waals surface area contributed by atoms with Gasteiger partial charge in [-0.2, -0.15) is 0 Å². The van der Waals surface area contributed by atoms with E-state index >= 15 is 0 Å². The molecule has 0 saturated heterocycles. The van der Waals surface area contributed by atoms with Crippen LogP contribution in [0.4, 0.5) is 0 Å². The van der Waals surface area contributed by atoms with Crippen LogP contribution in [0.3, 0.4) is 0 Å². The fraction of sp³-hybridized carbons (Fsp3) is 0. The summed E-state index contributed by atoms with van der Waals surface area (Å²) in [4.78, 5) is 14.9. The summed E-state index contributed by atoms with van der Waals surface area (Å²) in [5, 5.41) is 7.60. The van der Waals surface area contributed by atoms with E-state index in [2.05, 4.69) is 66.7 Å². The molecule has 0 saturated carbocycles. The number of fused-ring (bicyclic) bond motifs is 7. The molecule has 0 aliphatic rings. The Morgan fingerprint density at radius 3 is 1.69 bits per heavy atom. The third kappa shape index (κ3) is 3.61. The van der Waals surface area contributed by atoms with Crippen LogP contribution < -0.4 is 0 Å². The lowest BCUT2D eigenvalue weighted by atomic mass is 9.99. The molecule has 0 atom stereocenters. The van der Waals surface area contributed by atoms with E-state index < -0.39 is 0 Å². The Morgan fingerprint density at radius 2 is 0.949 bits per heavy atom. The summed E-state index contributed by atoms with van der Waals surface area (Å²) >= 11 is 1.83. The molecule has 0 spiro atoms. The van der Waals surface area contributed by atoms with Gasteiger partial charge in [-0.15, -0.1) is 11.3 Å². The van der Waals surface area contributed by atoms with Crippen LogP contribution in [0.2, 0.25) is 0 Å². The molecular weight excluding hydrogens is 494 g/mol. The molecule has 0 aliphatic carbocycles. The molecule has 8 aromatic rings. The molecule has 3 nitrogen and oxygen atoms in total. The van der Waals surface area contributed by atoms with Crippen molar-refractivity contribution in [3.05, 3.63) is 127 Å². The molecule has 0 amide bonds. The highest BCUT2D eigenvalue weighted by Crippen LogP contribution is 2.44. The highest BCUT2D eigenvalue weighted by atomic mass is 32.1. The summed E-state index contributed by atoms with van der Waals surface area (Å²) in [6.45, 7) is 0. The van der Waals surface area contributed by atoms with Gasteiger partial charge in [0, 0.05) is 42.2 Å². The van der Waals surface area contributed by atoms with Gasteiger partial charge in [-0.25, -0.2) is 15.0 Å². The van der Waals surface area contributed by atoms with E-state index in [1.165, 1.54) is 41.7 Å². The first-order valence-corrected chi connectivity index (χ1v) is 13.8. The fourth-order valence-electron chi connectivity index (χ4n) is 5.45. The SMILES string of the molecule is c1ccc(-c2nc(-c3ccccc3)nc(-c3cccc4c3sc3c4ccc4ccc5ccccc5c43)n2)cc1. The van der Waals surface area contributed by atoms with Crippen molar-refractivity contribution in [3.8, 4) is 34.2 Å². The second-order valence-corrected chi connectivity index (χ2v) is 10.7. The zero-order chi connectivity index (χ0) is 25.8. The Labute approximate surface area is 229 Å². The van der Waals surface area contributed by atoms with Gasteiger partial charge in [0.15, 0.2) is 17.5 Å². The van der Waals surface area contributed by atoms with Gasteiger partial charge in [-0.05, 0) is 22.2 Å². The summed E-state index contributed by atoms with van der Waals surface area (Å²) in [5.41, 5.74) is 2.97. The van der Waals surface area contributed by atoms with Crippen LogP contribution in [0.15, 0.2) is 127 Å². The number of hydrogen-bond donors (Lipinski definition) is 0. The predicted octanol–water partition coefficient (Wildman–Crippen LogP) is 9.55. The lowest BCUT2D eigenvalue weighted by molar-refractivity contribution is 1.08. The first-order chi connectivity index (χ1) is 19.3. The fourth-order valence-corrected chi connectivity index (χ4v) is 6.83. The van der Waals surface area contributed by atoms with E-state index in [0.29, 0.717) is 17.5 Å². The average Bonchev–Trinajstić information content (AvgIpc) is 3.40. The molecule has 2 aromatic heterocycles. The number of thiophene rings is 1. The van der Waals surface area contributed by atoms with Crippen LogP contribution in [0.5, 0.6) is 0 Å². The van der Waals surface area contributed by atoms with Gasteiger partial charge in [0.1, 0.15) is 0 Å². The van der Waals surface area contributed by atoms with E-state index in [9.17, 15) is 0 Å². The van der Waals surface area contributed by atoms with Crippen molar-refractivity contribution in [3.63, 3.8) is 0 Å². The maximum atomic E-state index is 5.02. The number of hydrogen-bond acceptors (Lipinski definition) is 4. The van der Waals surface area contributed by atoms with Crippen molar-refractivity contribution in [2.45, 2.75) is 0 Å². The van der Waals surface area contributed by atoms with Gasteiger partial charge < -0.3 is 0 Å². The van der Waals surface area contributed by atoms with Crippen molar-refractivity contribution in [1.82, 2.24) is 15.0 Å². The van der Waals surface area contributed by atoms with Crippen molar-refractivity contribution in [2.24, 2.45) is 0 Å². The van der Waals surface area contributed by atoms with Crippen molar-refractivity contribution >= 4 is 53.1 Å². The Bertz CT molecular complexity index is 2110. The molecule has 0 radical (unpaired) electrons. The summed E-state index contributed by atoms with van der Waals surface area (Å²) < 4.78 is 2.49. The minimum Gasteiger partial charge on any atom is -0.208 e. The smallest absolute Gasteiger partial charge is 0.165 e. The highest BCUT2D eigenvalue weighted by Gasteiger charge is 2.18. The molecule has 0 aliphatic heterocycles. The van der Waals surface area contributed by atoms with Crippen LogP contribution in [-0.2, 0) is 0 Å².